The maximum Gasteiger partial charge on any atom is 0.262 e. The maximum atomic E-state index is 13.8. The van der Waals surface area contributed by atoms with Crippen LogP contribution in [0.3, 0.4) is 0 Å². The van der Waals surface area contributed by atoms with E-state index in [1.165, 1.54) is 18.2 Å². The first-order chi connectivity index (χ1) is 16.2. The summed E-state index contributed by atoms with van der Waals surface area (Å²) >= 11 is 0.909. The standard InChI is InChI=1S/C24H21FN2O5S2/c1-13-19(12-26-32-13)15-4-7-18(21-8-9-23(25)33-21)20(10-15)27-34(30,31)22-11-16(24(28)29)5-6-17(22)14-2-3-14/h4-12,14,24,27-29H,2-3H2,1H3. The van der Waals surface area contributed by atoms with Crippen LogP contribution in [0.5, 0.6) is 0 Å². The lowest BCUT2D eigenvalue weighted by atomic mass is 10.0. The molecule has 2 aromatic heterocycles. The fourth-order valence-electron chi connectivity index (χ4n) is 3.92. The van der Waals surface area contributed by atoms with Gasteiger partial charge in [-0.1, -0.05) is 29.4 Å². The Morgan fingerprint density at radius 1 is 1.12 bits per heavy atom. The van der Waals surface area contributed by atoms with Crippen molar-refractivity contribution in [3.8, 4) is 21.6 Å². The lowest BCUT2D eigenvalue weighted by Crippen LogP contribution is -2.16. The molecule has 1 saturated carbocycles. The van der Waals surface area contributed by atoms with Gasteiger partial charge in [-0.05, 0) is 61.1 Å². The molecule has 0 radical (unpaired) electrons. The lowest BCUT2D eigenvalue weighted by molar-refractivity contribution is -0.0426. The number of anilines is 1. The highest BCUT2D eigenvalue weighted by atomic mass is 32.2. The number of nitrogens with zero attached hydrogens (tertiary/aromatic N) is 1. The van der Waals surface area contributed by atoms with E-state index >= 15 is 0 Å². The van der Waals surface area contributed by atoms with E-state index in [0.717, 1.165) is 24.2 Å². The topological polar surface area (TPSA) is 113 Å². The average Bonchev–Trinajstić information content (AvgIpc) is 3.42. The minimum atomic E-state index is -4.12. The first-order valence-electron chi connectivity index (χ1n) is 10.6. The fraction of sp³-hybridized carbons (Fsp3) is 0.208. The first-order valence-corrected chi connectivity index (χ1v) is 12.9. The van der Waals surface area contributed by atoms with Gasteiger partial charge in [-0.15, -0.1) is 11.3 Å². The molecule has 34 heavy (non-hydrogen) atoms. The number of aliphatic hydroxyl groups excluding tert-OH is 1. The molecule has 7 nitrogen and oxygen atoms in total. The van der Waals surface area contributed by atoms with E-state index in [0.29, 0.717) is 32.9 Å². The molecular formula is C24H21FN2O5S2. The summed E-state index contributed by atoms with van der Waals surface area (Å²) in [7, 11) is -4.12. The molecule has 4 aromatic rings. The molecule has 10 heteroatoms. The summed E-state index contributed by atoms with van der Waals surface area (Å²) in [6, 6.07) is 12.5. The number of hydrogen-bond acceptors (Lipinski definition) is 7. The Labute approximate surface area is 199 Å². The molecule has 2 heterocycles. The number of aromatic nitrogens is 1. The van der Waals surface area contributed by atoms with Gasteiger partial charge in [0.25, 0.3) is 10.0 Å². The van der Waals surface area contributed by atoms with Crippen LogP contribution in [0.15, 0.2) is 64.1 Å². The Morgan fingerprint density at radius 2 is 1.91 bits per heavy atom. The fourth-order valence-corrected chi connectivity index (χ4v) is 6.10. The molecule has 0 amide bonds. The summed E-state index contributed by atoms with van der Waals surface area (Å²) in [5, 5.41) is 22.6. The van der Waals surface area contributed by atoms with Crippen LogP contribution in [0, 0.1) is 12.1 Å². The van der Waals surface area contributed by atoms with Crippen molar-refractivity contribution in [2.24, 2.45) is 0 Å². The number of aryl methyl sites for hydroxylation is 1. The van der Waals surface area contributed by atoms with Crippen molar-refractivity contribution in [2.45, 2.75) is 36.9 Å². The molecule has 0 atom stereocenters. The predicted octanol–water partition coefficient (Wildman–Crippen LogP) is 5.18. The van der Waals surface area contributed by atoms with Crippen molar-refractivity contribution in [3.63, 3.8) is 0 Å². The molecule has 0 aliphatic heterocycles. The van der Waals surface area contributed by atoms with E-state index < -0.39 is 16.3 Å². The van der Waals surface area contributed by atoms with Crippen molar-refractivity contribution in [3.05, 3.63) is 76.7 Å². The van der Waals surface area contributed by atoms with Crippen LogP contribution < -0.4 is 4.72 Å². The van der Waals surface area contributed by atoms with Gasteiger partial charge >= 0.3 is 0 Å². The zero-order chi connectivity index (χ0) is 24.0. The molecule has 2 aromatic carbocycles. The van der Waals surface area contributed by atoms with Gasteiger partial charge in [-0.25, -0.2) is 8.42 Å². The van der Waals surface area contributed by atoms with Gasteiger partial charge in [-0.3, -0.25) is 4.72 Å². The van der Waals surface area contributed by atoms with Gasteiger partial charge in [0.15, 0.2) is 11.4 Å². The summed E-state index contributed by atoms with van der Waals surface area (Å²) in [6.07, 6.45) is 1.48. The van der Waals surface area contributed by atoms with Crippen LogP contribution in [0.4, 0.5) is 10.1 Å². The molecule has 0 unspecified atom stereocenters. The second-order valence-electron chi connectivity index (χ2n) is 8.21. The number of aliphatic hydroxyl groups is 2. The van der Waals surface area contributed by atoms with E-state index in [9.17, 15) is 23.0 Å². The van der Waals surface area contributed by atoms with Crippen molar-refractivity contribution < 1.29 is 27.5 Å². The highest BCUT2D eigenvalue weighted by Crippen LogP contribution is 2.44. The Kier molecular flexibility index (Phi) is 5.76. The maximum absolute atomic E-state index is 13.8. The summed E-state index contributed by atoms with van der Waals surface area (Å²) in [5.74, 6) is 0.678. The van der Waals surface area contributed by atoms with Crippen molar-refractivity contribution in [1.29, 1.82) is 0 Å². The number of halogens is 1. The van der Waals surface area contributed by atoms with Crippen LogP contribution in [-0.2, 0) is 10.0 Å². The Balaban J connectivity index is 1.63. The second kappa shape index (κ2) is 8.62. The number of hydrogen-bond donors (Lipinski definition) is 3. The van der Waals surface area contributed by atoms with Gasteiger partial charge in [0.1, 0.15) is 5.76 Å². The number of sulfonamides is 1. The molecule has 1 fully saturated rings. The van der Waals surface area contributed by atoms with Gasteiger partial charge in [0.05, 0.1) is 16.8 Å². The van der Waals surface area contributed by atoms with Crippen LogP contribution in [0.2, 0.25) is 0 Å². The molecule has 176 valence electrons. The van der Waals surface area contributed by atoms with E-state index in [1.807, 2.05) is 0 Å². The average molecular weight is 501 g/mol. The SMILES string of the molecule is Cc1oncc1-c1ccc(-c2ccc(F)s2)c(NS(=O)(=O)c2cc(C(O)O)ccc2C2CC2)c1. The number of benzene rings is 2. The molecule has 0 bridgehead atoms. The Hall–Kier alpha value is -3.05. The molecule has 0 saturated heterocycles. The molecule has 1 aliphatic carbocycles. The summed E-state index contributed by atoms with van der Waals surface area (Å²) < 4.78 is 48.8. The third-order valence-electron chi connectivity index (χ3n) is 5.81. The van der Waals surface area contributed by atoms with Crippen molar-refractivity contribution in [1.82, 2.24) is 5.16 Å². The summed E-state index contributed by atoms with van der Waals surface area (Å²) in [4.78, 5) is 0.557. The van der Waals surface area contributed by atoms with E-state index in [-0.39, 0.29) is 27.2 Å². The van der Waals surface area contributed by atoms with Crippen molar-refractivity contribution in [2.75, 3.05) is 4.72 Å². The summed E-state index contributed by atoms with van der Waals surface area (Å²) in [6.45, 7) is 1.75. The Bertz CT molecular complexity index is 1470. The molecular weight excluding hydrogens is 479 g/mol. The minimum Gasteiger partial charge on any atom is -0.364 e. The molecule has 3 N–H and O–H groups in total. The van der Waals surface area contributed by atoms with Crippen LogP contribution in [0.1, 0.15) is 41.9 Å². The monoisotopic (exact) mass is 500 g/mol. The van der Waals surface area contributed by atoms with Gasteiger partial charge in [0.2, 0.25) is 0 Å². The third kappa shape index (κ3) is 4.37. The van der Waals surface area contributed by atoms with Crippen LogP contribution >= 0.6 is 11.3 Å². The number of rotatable bonds is 7. The largest absolute Gasteiger partial charge is 0.364 e. The Morgan fingerprint density at radius 3 is 2.53 bits per heavy atom. The minimum absolute atomic E-state index is 0.00419. The first kappa shape index (κ1) is 22.7. The van der Waals surface area contributed by atoms with Crippen LogP contribution in [0.25, 0.3) is 21.6 Å². The zero-order valence-electron chi connectivity index (χ0n) is 18.0. The van der Waals surface area contributed by atoms with Crippen molar-refractivity contribution >= 4 is 27.0 Å². The highest BCUT2D eigenvalue weighted by molar-refractivity contribution is 7.92. The van der Waals surface area contributed by atoms with Gasteiger partial charge in [-0.2, -0.15) is 4.39 Å². The van der Waals surface area contributed by atoms with Gasteiger partial charge < -0.3 is 14.7 Å². The predicted molar refractivity (Wildman–Crippen MR) is 126 cm³/mol. The quantitative estimate of drug-likeness (QED) is 0.302. The lowest BCUT2D eigenvalue weighted by Gasteiger charge is -2.17. The number of thiophene rings is 1. The molecule has 5 rings (SSSR count). The second-order valence-corrected chi connectivity index (χ2v) is 10.9. The normalized spacial score (nSPS) is 14.0. The zero-order valence-corrected chi connectivity index (χ0v) is 19.7. The smallest absolute Gasteiger partial charge is 0.262 e. The molecule has 1 aliphatic rings. The van der Waals surface area contributed by atoms with E-state index in [1.54, 1.807) is 43.5 Å². The third-order valence-corrected chi connectivity index (χ3v) is 8.13. The van der Waals surface area contributed by atoms with Crippen LogP contribution in [-0.4, -0.2) is 23.8 Å². The van der Waals surface area contributed by atoms with E-state index in [2.05, 4.69) is 9.88 Å². The van der Waals surface area contributed by atoms with E-state index in [4.69, 9.17) is 4.52 Å². The number of nitrogens with one attached hydrogen (secondary N) is 1. The highest BCUT2D eigenvalue weighted by Gasteiger charge is 2.31. The van der Waals surface area contributed by atoms with Gasteiger partial charge in [0, 0.05) is 21.6 Å². The molecule has 0 spiro atoms. The summed E-state index contributed by atoms with van der Waals surface area (Å²) in [5.41, 5.74) is 2.87.